The van der Waals surface area contributed by atoms with E-state index >= 15 is 0 Å². The summed E-state index contributed by atoms with van der Waals surface area (Å²) in [7, 11) is 3.12. The monoisotopic (exact) mass is 379 g/mol. The van der Waals surface area contributed by atoms with E-state index in [-0.39, 0.29) is 11.6 Å². The predicted octanol–water partition coefficient (Wildman–Crippen LogP) is 3.39. The van der Waals surface area contributed by atoms with Crippen LogP contribution in [0.3, 0.4) is 0 Å². The number of nitrogens with one attached hydrogen (secondary N) is 2. The molecule has 0 aromatic heterocycles. The van der Waals surface area contributed by atoms with E-state index in [4.69, 9.17) is 9.47 Å². The van der Waals surface area contributed by atoms with Gasteiger partial charge in [-0.25, -0.2) is 0 Å². The Kier molecular flexibility index (Phi) is 7.46. The summed E-state index contributed by atoms with van der Waals surface area (Å²) in [4.78, 5) is 12.4. The van der Waals surface area contributed by atoms with E-state index in [0.717, 1.165) is 16.7 Å². The van der Waals surface area contributed by atoms with Crippen LogP contribution in [0.4, 0.5) is 0 Å². The van der Waals surface area contributed by atoms with Gasteiger partial charge in [-0.1, -0.05) is 30.3 Å². The van der Waals surface area contributed by atoms with Crippen molar-refractivity contribution in [3.05, 3.63) is 70.9 Å². The molecule has 2 aromatic carbocycles. The molecule has 0 fully saturated rings. The van der Waals surface area contributed by atoms with Crippen LogP contribution in [0.1, 0.15) is 29.7 Å². The van der Waals surface area contributed by atoms with Crippen LogP contribution in [0.5, 0.6) is 11.5 Å². The molecule has 1 amide bonds. The number of nitrogens with zero attached hydrogens (tertiary/aromatic N) is 1. The Morgan fingerprint density at radius 3 is 2.54 bits per heavy atom. The maximum Gasteiger partial charge on any atom is 0.263 e. The number of hydrogen-bond donors (Lipinski definition) is 2. The largest absolute Gasteiger partial charge is 0.493 e. The summed E-state index contributed by atoms with van der Waals surface area (Å²) in [5.74, 6) is 0.752. The highest BCUT2D eigenvalue weighted by molar-refractivity contribution is 5.97. The molecule has 2 N–H and O–H groups in total. The molecule has 6 nitrogen and oxygen atoms in total. The van der Waals surface area contributed by atoms with Crippen molar-refractivity contribution in [2.45, 2.75) is 26.4 Å². The maximum atomic E-state index is 12.4. The standard InChI is InChI=1S/C22H25N3O3/c1-15-7-5-6-8-18(15)13-24-14-19(12-23)22(26)25-16(2)17-9-10-20(27-3)21(11-17)28-4/h5-11,14,16,24H,13H2,1-4H3,(H,25,26)/b19-14-. The highest BCUT2D eigenvalue weighted by Gasteiger charge is 2.15. The number of nitriles is 1. The van der Waals surface area contributed by atoms with Crippen LogP contribution < -0.4 is 20.1 Å². The summed E-state index contributed by atoms with van der Waals surface area (Å²) in [5.41, 5.74) is 3.11. The van der Waals surface area contributed by atoms with Crippen LogP contribution in [0, 0.1) is 18.3 Å². The van der Waals surface area contributed by atoms with E-state index in [9.17, 15) is 10.1 Å². The summed E-state index contributed by atoms with van der Waals surface area (Å²) in [6, 6.07) is 15.0. The average molecular weight is 379 g/mol. The van der Waals surface area contributed by atoms with E-state index in [2.05, 4.69) is 10.6 Å². The van der Waals surface area contributed by atoms with E-state index in [1.807, 2.05) is 50.2 Å². The van der Waals surface area contributed by atoms with Crippen molar-refractivity contribution in [1.29, 1.82) is 5.26 Å². The second-order valence-electron chi connectivity index (χ2n) is 6.29. The van der Waals surface area contributed by atoms with E-state index in [1.54, 1.807) is 26.4 Å². The fraction of sp³-hybridized carbons (Fsp3) is 0.273. The van der Waals surface area contributed by atoms with Gasteiger partial charge in [0, 0.05) is 12.7 Å². The quantitative estimate of drug-likeness (QED) is 0.543. The molecule has 0 saturated heterocycles. The molecule has 0 aliphatic carbocycles. The van der Waals surface area contributed by atoms with Gasteiger partial charge < -0.3 is 20.1 Å². The Labute approximate surface area is 165 Å². The number of carbonyl (C=O) groups is 1. The molecule has 1 unspecified atom stereocenters. The molecular formula is C22H25N3O3. The molecule has 0 spiro atoms. The molecule has 0 saturated carbocycles. The van der Waals surface area contributed by atoms with E-state index in [1.165, 1.54) is 6.20 Å². The normalized spacial score (nSPS) is 11.9. The van der Waals surface area contributed by atoms with Gasteiger partial charge >= 0.3 is 0 Å². The third kappa shape index (κ3) is 5.27. The summed E-state index contributed by atoms with van der Waals surface area (Å²) < 4.78 is 10.5. The summed E-state index contributed by atoms with van der Waals surface area (Å²) in [5, 5.41) is 15.2. The van der Waals surface area contributed by atoms with Crippen molar-refractivity contribution < 1.29 is 14.3 Å². The molecule has 2 rings (SSSR count). The SMILES string of the molecule is COc1ccc(C(C)NC(=O)/C(C#N)=C\NCc2ccccc2C)cc1OC. The minimum Gasteiger partial charge on any atom is -0.493 e. The Morgan fingerprint density at radius 1 is 1.18 bits per heavy atom. The molecule has 0 bridgehead atoms. The van der Waals surface area contributed by atoms with Crippen molar-refractivity contribution >= 4 is 5.91 Å². The smallest absolute Gasteiger partial charge is 0.263 e. The number of methoxy groups -OCH3 is 2. The van der Waals surface area contributed by atoms with Crippen LogP contribution in [0.25, 0.3) is 0 Å². The number of carbonyl (C=O) groups excluding carboxylic acids is 1. The first-order valence-corrected chi connectivity index (χ1v) is 8.91. The lowest BCUT2D eigenvalue weighted by atomic mass is 10.1. The number of amides is 1. The van der Waals surface area contributed by atoms with Gasteiger partial charge in [0.1, 0.15) is 11.6 Å². The third-order valence-electron chi connectivity index (χ3n) is 4.42. The van der Waals surface area contributed by atoms with Crippen LogP contribution >= 0.6 is 0 Å². The second-order valence-corrected chi connectivity index (χ2v) is 6.29. The Morgan fingerprint density at radius 2 is 1.89 bits per heavy atom. The number of hydrogen-bond acceptors (Lipinski definition) is 5. The van der Waals surface area contributed by atoms with Gasteiger partial charge in [-0.3, -0.25) is 4.79 Å². The molecule has 2 aromatic rings. The molecular weight excluding hydrogens is 354 g/mol. The van der Waals surface area contributed by atoms with Crippen molar-refractivity contribution in [2.24, 2.45) is 0 Å². The van der Waals surface area contributed by atoms with Crippen LogP contribution in [-0.2, 0) is 11.3 Å². The van der Waals surface area contributed by atoms with Gasteiger partial charge in [-0.15, -0.1) is 0 Å². The number of benzene rings is 2. The molecule has 28 heavy (non-hydrogen) atoms. The van der Waals surface area contributed by atoms with Gasteiger partial charge in [-0.2, -0.15) is 5.26 Å². The average Bonchev–Trinajstić information content (AvgIpc) is 2.71. The zero-order valence-corrected chi connectivity index (χ0v) is 16.6. The first kappa shape index (κ1) is 20.8. The Bertz CT molecular complexity index is 900. The van der Waals surface area contributed by atoms with Crippen molar-refractivity contribution in [2.75, 3.05) is 14.2 Å². The highest BCUT2D eigenvalue weighted by Crippen LogP contribution is 2.29. The van der Waals surface area contributed by atoms with Crippen LogP contribution in [0.15, 0.2) is 54.2 Å². The topological polar surface area (TPSA) is 83.4 Å². The highest BCUT2D eigenvalue weighted by atomic mass is 16.5. The van der Waals surface area contributed by atoms with E-state index < -0.39 is 5.91 Å². The predicted molar refractivity (Wildman–Crippen MR) is 108 cm³/mol. The number of ether oxygens (including phenoxy) is 2. The third-order valence-corrected chi connectivity index (χ3v) is 4.42. The fourth-order valence-corrected chi connectivity index (χ4v) is 2.70. The van der Waals surface area contributed by atoms with Crippen molar-refractivity contribution in [3.63, 3.8) is 0 Å². The first-order chi connectivity index (χ1) is 13.5. The summed E-state index contributed by atoms with van der Waals surface area (Å²) in [6.45, 7) is 4.40. The number of aryl methyl sites for hydroxylation is 1. The van der Waals surface area contributed by atoms with Crippen molar-refractivity contribution in [3.8, 4) is 17.6 Å². The molecule has 1 atom stereocenters. The maximum absolute atomic E-state index is 12.4. The van der Waals surface area contributed by atoms with Crippen molar-refractivity contribution in [1.82, 2.24) is 10.6 Å². The van der Waals surface area contributed by atoms with Crippen LogP contribution in [-0.4, -0.2) is 20.1 Å². The van der Waals surface area contributed by atoms with Gasteiger partial charge in [0.25, 0.3) is 5.91 Å². The molecule has 0 heterocycles. The minimum absolute atomic E-state index is 0.0147. The molecule has 6 heteroatoms. The van der Waals surface area contributed by atoms with E-state index in [0.29, 0.717) is 18.0 Å². The molecule has 146 valence electrons. The first-order valence-electron chi connectivity index (χ1n) is 8.91. The lowest BCUT2D eigenvalue weighted by molar-refractivity contribution is -0.117. The van der Waals surface area contributed by atoms with Gasteiger partial charge in [0.15, 0.2) is 11.5 Å². The zero-order chi connectivity index (χ0) is 20.5. The lowest BCUT2D eigenvalue weighted by Crippen LogP contribution is -2.28. The molecule has 0 radical (unpaired) electrons. The van der Waals surface area contributed by atoms with Gasteiger partial charge in [-0.05, 0) is 42.7 Å². The Hall–Kier alpha value is -3.46. The summed E-state index contributed by atoms with van der Waals surface area (Å²) in [6.07, 6.45) is 1.45. The minimum atomic E-state index is -0.443. The summed E-state index contributed by atoms with van der Waals surface area (Å²) >= 11 is 0. The van der Waals surface area contributed by atoms with Gasteiger partial charge in [0.05, 0.1) is 20.3 Å². The zero-order valence-electron chi connectivity index (χ0n) is 16.6. The molecule has 0 aliphatic heterocycles. The van der Waals surface area contributed by atoms with Gasteiger partial charge in [0.2, 0.25) is 0 Å². The Balaban J connectivity index is 2.03. The lowest BCUT2D eigenvalue weighted by Gasteiger charge is -2.16. The van der Waals surface area contributed by atoms with Crippen LogP contribution in [0.2, 0.25) is 0 Å². The fourth-order valence-electron chi connectivity index (χ4n) is 2.70. The molecule has 0 aliphatic rings. The second kappa shape index (κ2) is 10.0. The number of rotatable bonds is 8.